The van der Waals surface area contributed by atoms with Crippen molar-refractivity contribution in [3.05, 3.63) is 58.3 Å². The van der Waals surface area contributed by atoms with Crippen LogP contribution >= 0.6 is 0 Å². The quantitative estimate of drug-likeness (QED) is 0.899. The van der Waals surface area contributed by atoms with Crippen molar-refractivity contribution in [1.29, 1.82) is 0 Å². The molecule has 132 valence electrons. The molecule has 1 aromatic heterocycles. The number of aromatic nitrogens is 2. The topological polar surface area (TPSA) is 67.2 Å². The Balaban J connectivity index is 1.59. The number of hydrogen-bond acceptors (Lipinski definition) is 4. The molecule has 0 aliphatic carbocycles. The zero-order chi connectivity index (χ0) is 17.8. The zero-order valence-corrected chi connectivity index (χ0v) is 14.7. The molecule has 1 amide bonds. The number of hydrogen-bond donors (Lipinski definition) is 1. The van der Waals surface area contributed by atoms with Gasteiger partial charge in [0.1, 0.15) is 6.54 Å². The van der Waals surface area contributed by atoms with Crippen LogP contribution in [0.4, 0.5) is 5.69 Å². The summed E-state index contributed by atoms with van der Waals surface area (Å²) in [5.41, 5.74) is 2.32. The van der Waals surface area contributed by atoms with Gasteiger partial charge in [-0.25, -0.2) is 4.98 Å². The van der Waals surface area contributed by atoms with Gasteiger partial charge in [-0.3, -0.25) is 14.2 Å². The minimum atomic E-state index is -0.160. The Hall–Kier alpha value is -2.63. The SMILES string of the molecule is Cc1ncn(CC(=O)NCC2CCCN2c2ccccc2)c(=O)c1C. The fourth-order valence-corrected chi connectivity index (χ4v) is 3.24. The van der Waals surface area contributed by atoms with E-state index in [-0.39, 0.29) is 18.0 Å². The minimum Gasteiger partial charge on any atom is -0.367 e. The fraction of sp³-hybridized carbons (Fsp3) is 0.421. The molecule has 1 N–H and O–H groups in total. The van der Waals surface area contributed by atoms with Gasteiger partial charge in [0, 0.05) is 36.1 Å². The largest absolute Gasteiger partial charge is 0.367 e. The molecule has 1 aliphatic heterocycles. The van der Waals surface area contributed by atoms with Gasteiger partial charge in [-0.1, -0.05) is 18.2 Å². The standard InChI is InChI=1S/C19H24N4O2/c1-14-15(2)21-13-22(19(14)25)12-18(24)20-11-17-9-6-10-23(17)16-7-4-3-5-8-16/h3-5,7-8,13,17H,6,9-12H2,1-2H3,(H,20,24). The van der Waals surface area contributed by atoms with Crippen LogP contribution < -0.4 is 15.8 Å². The smallest absolute Gasteiger partial charge is 0.256 e. The van der Waals surface area contributed by atoms with Crippen LogP contribution in [-0.4, -0.2) is 34.6 Å². The highest BCUT2D eigenvalue weighted by Gasteiger charge is 2.25. The second kappa shape index (κ2) is 7.51. The molecule has 25 heavy (non-hydrogen) atoms. The Morgan fingerprint density at radius 1 is 1.28 bits per heavy atom. The number of anilines is 1. The van der Waals surface area contributed by atoms with Gasteiger partial charge in [0.2, 0.25) is 5.91 Å². The zero-order valence-electron chi connectivity index (χ0n) is 14.7. The van der Waals surface area contributed by atoms with Crippen molar-refractivity contribution in [2.24, 2.45) is 0 Å². The molecule has 2 aromatic rings. The molecular weight excluding hydrogens is 316 g/mol. The third-order valence-corrected chi connectivity index (χ3v) is 4.83. The van der Waals surface area contributed by atoms with E-state index >= 15 is 0 Å². The lowest BCUT2D eigenvalue weighted by Crippen LogP contribution is -2.42. The summed E-state index contributed by atoms with van der Waals surface area (Å²) < 4.78 is 1.36. The summed E-state index contributed by atoms with van der Waals surface area (Å²) in [5, 5.41) is 2.97. The van der Waals surface area contributed by atoms with Crippen LogP contribution in [0.25, 0.3) is 0 Å². The number of aryl methyl sites for hydroxylation is 1. The summed E-state index contributed by atoms with van der Waals surface area (Å²) in [6, 6.07) is 10.6. The van der Waals surface area contributed by atoms with Gasteiger partial charge >= 0.3 is 0 Å². The van der Waals surface area contributed by atoms with Gasteiger partial charge in [0.15, 0.2) is 0 Å². The molecule has 0 bridgehead atoms. The molecule has 0 saturated carbocycles. The van der Waals surface area contributed by atoms with Crippen LogP contribution in [0, 0.1) is 13.8 Å². The molecule has 1 aromatic carbocycles. The maximum Gasteiger partial charge on any atom is 0.256 e. The molecule has 1 fully saturated rings. The molecule has 1 aliphatic rings. The van der Waals surface area contributed by atoms with Crippen LogP contribution in [-0.2, 0) is 11.3 Å². The lowest BCUT2D eigenvalue weighted by molar-refractivity contribution is -0.121. The van der Waals surface area contributed by atoms with Crippen molar-refractivity contribution in [3.8, 4) is 0 Å². The van der Waals surface area contributed by atoms with Crippen LogP contribution in [0.3, 0.4) is 0 Å². The monoisotopic (exact) mass is 340 g/mol. The summed E-state index contributed by atoms with van der Waals surface area (Å²) in [7, 11) is 0. The van der Waals surface area contributed by atoms with Crippen molar-refractivity contribution in [2.45, 2.75) is 39.3 Å². The lowest BCUT2D eigenvalue weighted by atomic mass is 10.2. The van der Waals surface area contributed by atoms with E-state index in [1.165, 1.54) is 16.6 Å². The first-order chi connectivity index (χ1) is 12.1. The molecule has 1 atom stereocenters. The summed E-state index contributed by atoms with van der Waals surface area (Å²) in [4.78, 5) is 30.9. The number of benzene rings is 1. The number of amides is 1. The molecule has 6 heteroatoms. The predicted molar refractivity (Wildman–Crippen MR) is 97.8 cm³/mol. The van der Waals surface area contributed by atoms with Gasteiger partial charge in [0.05, 0.1) is 6.33 Å². The summed E-state index contributed by atoms with van der Waals surface area (Å²) in [5.74, 6) is -0.160. The lowest BCUT2D eigenvalue weighted by Gasteiger charge is -2.27. The molecule has 6 nitrogen and oxygen atoms in total. The molecule has 0 spiro atoms. The van der Waals surface area contributed by atoms with E-state index in [1.54, 1.807) is 13.8 Å². The Labute approximate surface area is 147 Å². The van der Waals surface area contributed by atoms with Crippen LogP contribution in [0.15, 0.2) is 41.5 Å². The minimum absolute atomic E-state index is 0.00497. The van der Waals surface area contributed by atoms with Gasteiger partial charge in [-0.15, -0.1) is 0 Å². The highest BCUT2D eigenvalue weighted by molar-refractivity contribution is 5.75. The predicted octanol–water partition coefficient (Wildman–Crippen LogP) is 1.65. The first kappa shape index (κ1) is 17.2. The van der Waals surface area contributed by atoms with E-state index in [1.807, 2.05) is 18.2 Å². The summed E-state index contributed by atoms with van der Waals surface area (Å²) >= 11 is 0. The number of nitrogens with one attached hydrogen (secondary N) is 1. The highest BCUT2D eigenvalue weighted by atomic mass is 16.2. The van der Waals surface area contributed by atoms with Gasteiger partial charge in [0.25, 0.3) is 5.56 Å². The van der Waals surface area contributed by atoms with Gasteiger partial charge in [-0.2, -0.15) is 0 Å². The Morgan fingerprint density at radius 2 is 2.04 bits per heavy atom. The van der Waals surface area contributed by atoms with Crippen molar-refractivity contribution in [3.63, 3.8) is 0 Å². The Kier molecular flexibility index (Phi) is 5.16. The number of rotatable bonds is 5. The maximum absolute atomic E-state index is 12.2. The second-order valence-corrected chi connectivity index (χ2v) is 6.52. The molecule has 3 rings (SSSR count). The van der Waals surface area contributed by atoms with E-state index in [9.17, 15) is 9.59 Å². The van der Waals surface area contributed by atoms with Crippen molar-refractivity contribution < 1.29 is 4.79 Å². The molecule has 1 saturated heterocycles. The van der Waals surface area contributed by atoms with Crippen LogP contribution in [0.2, 0.25) is 0 Å². The molecular formula is C19H24N4O2. The van der Waals surface area contributed by atoms with E-state index < -0.39 is 0 Å². The number of carbonyl (C=O) groups excluding carboxylic acids is 1. The van der Waals surface area contributed by atoms with E-state index in [2.05, 4.69) is 27.3 Å². The number of para-hydroxylation sites is 1. The van der Waals surface area contributed by atoms with Crippen molar-refractivity contribution in [2.75, 3.05) is 18.0 Å². The van der Waals surface area contributed by atoms with Gasteiger partial charge < -0.3 is 10.2 Å². The van der Waals surface area contributed by atoms with Gasteiger partial charge in [-0.05, 0) is 38.8 Å². The molecule has 1 unspecified atom stereocenters. The average molecular weight is 340 g/mol. The average Bonchev–Trinajstić information content (AvgIpc) is 3.10. The van der Waals surface area contributed by atoms with E-state index in [0.717, 1.165) is 19.4 Å². The Bertz CT molecular complexity index is 801. The van der Waals surface area contributed by atoms with Crippen LogP contribution in [0.1, 0.15) is 24.1 Å². The van der Waals surface area contributed by atoms with E-state index in [4.69, 9.17) is 0 Å². The maximum atomic E-state index is 12.2. The second-order valence-electron chi connectivity index (χ2n) is 6.52. The number of nitrogens with zero attached hydrogens (tertiary/aromatic N) is 3. The molecule has 2 heterocycles. The number of carbonyl (C=O) groups is 1. The first-order valence-electron chi connectivity index (χ1n) is 8.67. The summed E-state index contributed by atoms with van der Waals surface area (Å²) in [6.07, 6.45) is 3.62. The Morgan fingerprint density at radius 3 is 2.80 bits per heavy atom. The third-order valence-electron chi connectivity index (χ3n) is 4.83. The van der Waals surface area contributed by atoms with Crippen LogP contribution in [0.5, 0.6) is 0 Å². The van der Waals surface area contributed by atoms with Crippen molar-refractivity contribution >= 4 is 11.6 Å². The first-order valence-corrected chi connectivity index (χ1v) is 8.67. The fourth-order valence-electron chi connectivity index (χ4n) is 3.24. The normalized spacial score (nSPS) is 16.9. The summed E-state index contributed by atoms with van der Waals surface area (Å²) in [6.45, 7) is 5.12. The molecule has 0 radical (unpaired) electrons. The van der Waals surface area contributed by atoms with E-state index in [0.29, 0.717) is 23.8 Å². The highest BCUT2D eigenvalue weighted by Crippen LogP contribution is 2.24. The van der Waals surface area contributed by atoms with Crippen molar-refractivity contribution in [1.82, 2.24) is 14.9 Å². The third kappa shape index (κ3) is 3.90.